The molecule has 0 aromatic heterocycles. The summed E-state index contributed by atoms with van der Waals surface area (Å²) in [5, 5.41) is 9.29. The molecule has 0 amide bonds. The van der Waals surface area contributed by atoms with Crippen LogP contribution in [0.15, 0.2) is 54.6 Å². The van der Waals surface area contributed by atoms with Crippen LogP contribution < -0.4 is 4.74 Å². The van der Waals surface area contributed by atoms with Gasteiger partial charge in [-0.2, -0.15) is 5.26 Å². The Morgan fingerprint density at radius 1 is 1.06 bits per heavy atom. The zero-order valence-corrected chi connectivity index (χ0v) is 10.3. The predicted molar refractivity (Wildman–Crippen MR) is 71.5 cm³/mol. The maximum absolute atomic E-state index is 9.29. The van der Waals surface area contributed by atoms with Crippen molar-refractivity contribution in [3.8, 4) is 11.8 Å². The van der Waals surface area contributed by atoms with E-state index in [4.69, 9.17) is 4.74 Å². The van der Waals surface area contributed by atoms with Gasteiger partial charge in [-0.3, -0.25) is 0 Å². The Morgan fingerprint density at radius 2 is 1.72 bits per heavy atom. The first kappa shape index (κ1) is 12.2. The number of nitriles is 1. The van der Waals surface area contributed by atoms with E-state index in [-0.39, 0.29) is 5.92 Å². The van der Waals surface area contributed by atoms with Gasteiger partial charge in [-0.1, -0.05) is 42.5 Å². The molecule has 0 bridgehead atoms. The van der Waals surface area contributed by atoms with Gasteiger partial charge in [0.25, 0.3) is 0 Å². The van der Waals surface area contributed by atoms with E-state index in [1.807, 2.05) is 54.6 Å². The maximum Gasteiger partial charge on any atom is 0.118 e. The highest BCUT2D eigenvalue weighted by Crippen LogP contribution is 2.22. The average molecular weight is 237 g/mol. The van der Waals surface area contributed by atoms with Crippen molar-refractivity contribution >= 4 is 0 Å². The summed E-state index contributed by atoms with van der Waals surface area (Å²) in [5.74, 6) is 0.702. The summed E-state index contributed by atoms with van der Waals surface area (Å²) in [5.41, 5.74) is 2.21. The van der Waals surface area contributed by atoms with E-state index in [2.05, 4.69) is 6.07 Å². The van der Waals surface area contributed by atoms with E-state index in [1.165, 1.54) is 5.56 Å². The molecular formula is C16H15NO. The summed E-state index contributed by atoms with van der Waals surface area (Å²) in [6.45, 7) is 0. The molecular weight excluding hydrogens is 222 g/mol. The molecule has 18 heavy (non-hydrogen) atoms. The van der Waals surface area contributed by atoms with Gasteiger partial charge in [-0.05, 0) is 29.7 Å². The van der Waals surface area contributed by atoms with Crippen LogP contribution in [0.25, 0.3) is 0 Å². The lowest BCUT2D eigenvalue weighted by atomic mass is 9.93. The maximum atomic E-state index is 9.29. The number of ether oxygens (including phenoxy) is 1. The van der Waals surface area contributed by atoms with Crippen LogP contribution in [0.5, 0.6) is 5.75 Å². The second kappa shape index (κ2) is 5.88. The molecule has 0 spiro atoms. The highest BCUT2D eigenvalue weighted by atomic mass is 16.5. The van der Waals surface area contributed by atoms with E-state index in [9.17, 15) is 5.26 Å². The van der Waals surface area contributed by atoms with Crippen LogP contribution in [0.3, 0.4) is 0 Å². The molecule has 2 nitrogen and oxygen atoms in total. The minimum absolute atomic E-state index is 0.113. The zero-order valence-electron chi connectivity index (χ0n) is 10.3. The SMILES string of the molecule is COc1ccc([C@@H](C#N)Cc2ccccc2)cc1. The molecule has 2 rings (SSSR count). The summed E-state index contributed by atoms with van der Waals surface area (Å²) in [7, 11) is 1.64. The van der Waals surface area contributed by atoms with Gasteiger partial charge in [0.15, 0.2) is 0 Å². The van der Waals surface area contributed by atoms with Crippen LogP contribution in [-0.2, 0) is 6.42 Å². The Hall–Kier alpha value is -2.27. The summed E-state index contributed by atoms with van der Waals surface area (Å²) in [4.78, 5) is 0. The Bertz CT molecular complexity index is 525. The first-order valence-corrected chi connectivity index (χ1v) is 5.91. The van der Waals surface area contributed by atoms with Gasteiger partial charge in [0.05, 0.1) is 19.1 Å². The van der Waals surface area contributed by atoms with Gasteiger partial charge in [0, 0.05) is 0 Å². The molecule has 0 heterocycles. The van der Waals surface area contributed by atoms with Gasteiger partial charge < -0.3 is 4.74 Å². The molecule has 1 atom stereocenters. The van der Waals surface area contributed by atoms with Gasteiger partial charge in [-0.15, -0.1) is 0 Å². The molecule has 0 radical (unpaired) electrons. The molecule has 0 aliphatic rings. The molecule has 2 aromatic rings. The topological polar surface area (TPSA) is 33.0 Å². The third-order valence-corrected chi connectivity index (χ3v) is 2.96. The molecule has 0 unspecified atom stereocenters. The molecule has 2 heteroatoms. The third kappa shape index (κ3) is 2.89. The summed E-state index contributed by atoms with van der Waals surface area (Å²) < 4.78 is 5.12. The van der Waals surface area contributed by atoms with Crippen molar-refractivity contribution in [3.63, 3.8) is 0 Å². The second-order valence-electron chi connectivity index (χ2n) is 4.14. The molecule has 0 aliphatic carbocycles. The van der Waals surface area contributed by atoms with E-state index in [1.54, 1.807) is 7.11 Å². The largest absolute Gasteiger partial charge is 0.497 e. The van der Waals surface area contributed by atoms with E-state index in [0.29, 0.717) is 0 Å². The first-order chi connectivity index (χ1) is 8.83. The lowest BCUT2D eigenvalue weighted by Crippen LogP contribution is -2.00. The number of nitrogens with zero attached hydrogens (tertiary/aromatic N) is 1. The molecule has 0 saturated heterocycles. The highest BCUT2D eigenvalue weighted by molar-refractivity contribution is 5.33. The van der Waals surface area contributed by atoms with Crippen LogP contribution in [0, 0.1) is 11.3 Å². The van der Waals surface area contributed by atoms with Gasteiger partial charge >= 0.3 is 0 Å². The Balaban J connectivity index is 2.16. The van der Waals surface area contributed by atoms with Crippen LogP contribution in [0.2, 0.25) is 0 Å². The fraction of sp³-hybridized carbons (Fsp3) is 0.188. The predicted octanol–water partition coefficient (Wildman–Crippen LogP) is 3.55. The normalized spacial score (nSPS) is 11.6. The number of hydrogen-bond donors (Lipinski definition) is 0. The quantitative estimate of drug-likeness (QED) is 0.814. The minimum Gasteiger partial charge on any atom is -0.497 e. The van der Waals surface area contributed by atoms with Crippen LogP contribution >= 0.6 is 0 Å². The van der Waals surface area contributed by atoms with Gasteiger partial charge in [0.2, 0.25) is 0 Å². The lowest BCUT2D eigenvalue weighted by Gasteiger charge is -2.10. The monoisotopic (exact) mass is 237 g/mol. The van der Waals surface area contributed by atoms with Crippen molar-refractivity contribution in [2.75, 3.05) is 7.11 Å². The van der Waals surface area contributed by atoms with Crippen molar-refractivity contribution in [1.82, 2.24) is 0 Å². The fourth-order valence-corrected chi connectivity index (χ4v) is 1.92. The molecule has 0 saturated carbocycles. The van der Waals surface area contributed by atoms with Crippen LogP contribution in [-0.4, -0.2) is 7.11 Å². The van der Waals surface area contributed by atoms with Crippen molar-refractivity contribution in [2.45, 2.75) is 12.3 Å². The Labute approximate surface area is 107 Å². The number of benzene rings is 2. The van der Waals surface area contributed by atoms with Gasteiger partial charge in [0.1, 0.15) is 5.75 Å². The summed E-state index contributed by atoms with van der Waals surface area (Å²) >= 11 is 0. The lowest BCUT2D eigenvalue weighted by molar-refractivity contribution is 0.414. The number of hydrogen-bond acceptors (Lipinski definition) is 2. The molecule has 2 aromatic carbocycles. The third-order valence-electron chi connectivity index (χ3n) is 2.96. The zero-order chi connectivity index (χ0) is 12.8. The standard InChI is InChI=1S/C16H15NO/c1-18-16-9-7-14(8-10-16)15(12-17)11-13-5-3-2-4-6-13/h2-10,15H,11H2,1H3/t15-/m1/s1. The number of methoxy groups -OCH3 is 1. The number of rotatable bonds is 4. The Morgan fingerprint density at radius 3 is 2.28 bits per heavy atom. The molecule has 0 aliphatic heterocycles. The summed E-state index contributed by atoms with van der Waals surface area (Å²) in [6.07, 6.45) is 0.740. The second-order valence-corrected chi connectivity index (χ2v) is 4.14. The van der Waals surface area contributed by atoms with Crippen LogP contribution in [0.1, 0.15) is 17.0 Å². The van der Waals surface area contributed by atoms with E-state index in [0.717, 1.165) is 17.7 Å². The van der Waals surface area contributed by atoms with Crippen molar-refractivity contribution in [1.29, 1.82) is 5.26 Å². The van der Waals surface area contributed by atoms with Crippen molar-refractivity contribution < 1.29 is 4.74 Å². The van der Waals surface area contributed by atoms with E-state index < -0.39 is 0 Å². The van der Waals surface area contributed by atoms with Crippen LogP contribution in [0.4, 0.5) is 0 Å². The van der Waals surface area contributed by atoms with Gasteiger partial charge in [-0.25, -0.2) is 0 Å². The smallest absolute Gasteiger partial charge is 0.118 e. The summed E-state index contributed by atoms with van der Waals surface area (Å²) in [6, 6.07) is 20.1. The van der Waals surface area contributed by atoms with Crippen molar-refractivity contribution in [3.05, 3.63) is 65.7 Å². The first-order valence-electron chi connectivity index (χ1n) is 5.91. The molecule has 0 N–H and O–H groups in total. The fourth-order valence-electron chi connectivity index (χ4n) is 1.92. The van der Waals surface area contributed by atoms with Crippen molar-refractivity contribution in [2.24, 2.45) is 0 Å². The minimum atomic E-state index is -0.113. The molecule has 90 valence electrons. The highest BCUT2D eigenvalue weighted by Gasteiger charge is 2.11. The average Bonchev–Trinajstić information content (AvgIpc) is 2.46. The molecule has 0 fully saturated rings. The Kier molecular flexibility index (Phi) is 3.98. The van der Waals surface area contributed by atoms with E-state index >= 15 is 0 Å².